The van der Waals surface area contributed by atoms with E-state index in [2.05, 4.69) is 20.6 Å². The van der Waals surface area contributed by atoms with Crippen LogP contribution in [0.2, 0.25) is 0 Å². The van der Waals surface area contributed by atoms with E-state index in [0.717, 1.165) is 29.6 Å². The second-order valence-corrected chi connectivity index (χ2v) is 5.55. The SMILES string of the molecule is Cn1nc(C(=O)NCc2n[nH]c3c2CCCCC3)ccc1=O. The fraction of sp³-hybridized carbons (Fsp3) is 0.467. The van der Waals surface area contributed by atoms with Crippen LogP contribution < -0.4 is 10.9 Å². The minimum absolute atomic E-state index is 0.226. The summed E-state index contributed by atoms with van der Waals surface area (Å²) in [6, 6.07) is 2.77. The first-order chi connectivity index (χ1) is 10.6. The number of hydrogen-bond acceptors (Lipinski definition) is 4. The van der Waals surface area contributed by atoms with E-state index in [-0.39, 0.29) is 17.2 Å². The van der Waals surface area contributed by atoms with Crippen molar-refractivity contribution in [2.24, 2.45) is 7.05 Å². The van der Waals surface area contributed by atoms with E-state index < -0.39 is 0 Å². The van der Waals surface area contributed by atoms with E-state index >= 15 is 0 Å². The highest BCUT2D eigenvalue weighted by Crippen LogP contribution is 2.21. The van der Waals surface area contributed by atoms with Crippen LogP contribution in [0, 0.1) is 0 Å². The van der Waals surface area contributed by atoms with Crippen LogP contribution in [-0.2, 0) is 26.4 Å². The van der Waals surface area contributed by atoms with Gasteiger partial charge in [-0.05, 0) is 37.3 Å². The lowest BCUT2D eigenvalue weighted by Gasteiger charge is -2.06. The van der Waals surface area contributed by atoms with Gasteiger partial charge in [-0.2, -0.15) is 10.2 Å². The third kappa shape index (κ3) is 2.93. The second kappa shape index (κ2) is 6.13. The molecule has 0 fully saturated rings. The summed E-state index contributed by atoms with van der Waals surface area (Å²) in [7, 11) is 1.52. The molecule has 2 aromatic heterocycles. The summed E-state index contributed by atoms with van der Waals surface area (Å²) in [4.78, 5) is 23.4. The first-order valence-corrected chi connectivity index (χ1v) is 7.52. The quantitative estimate of drug-likeness (QED) is 0.816. The molecule has 0 saturated heterocycles. The van der Waals surface area contributed by atoms with Crippen molar-refractivity contribution in [3.63, 3.8) is 0 Å². The van der Waals surface area contributed by atoms with Gasteiger partial charge in [0.25, 0.3) is 11.5 Å². The Morgan fingerprint density at radius 2 is 2.14 bits per heavy atom. The number of carbonyl (C=O) groups excluding carboxylic acids is 1. The third-order valence-electron chi connectivity index (χ3n) is 4.00. The monoisotopic (exact) mass is 301 g/mol. The van der Waals surface area contributed by atoms with Crippen molar-refractivity contribution in [1.29, 1.82) is 0 Å². The fourth-order valence-corrected chi connectivity index (χ4v) is 2.75. The van der Waals surface area contributed by atoms with Gasteiger partial charge in [-0.1, -0.05) is 6.42 Å². The highest BCUT2D eigenvalue weighted by atomic mass is 16.2. The molecule has 0 spiro atoms. The molecule has 0 unspecified atom stereocenters. The molecule has 0 bridgehead atoms. The molecule has 2 N–H and O–H groups in total. The summed E-state index contributed by atoms with van der Waals surface area (Å²) in [5.74, 6) is -0.305. The molecule has 7 nitrogen and oxygen atoms in total. The van der Waals surface area contributed by atoms with Crippen molar-refractivity contribution in [2.45, 2.75) is 38.6 Å². The minimum Gasteiger partial charge on any atom is -0.345 e. The molecule has 3 rings (SSSR count). The van der Waals surface area contributed by atoms with Crippen LogP contribution in [0.3, 0.4) is 0 Å². The molecule has 1 aliphatic carbocycles. The summed E-state index contributed by atoms with van der Waals surface area (Å²) in [6.07, 6.45) is 5.61. The molecular formula is C15H19N5O2. The number of hydrogen-bond donors (Lipinski definition) is 2. The topological polar surface area (TPSA) is 92.7 Å². The predicted molar refractivity (Wildman–Crippen MR) is 80.5 cm³/mol. The van der Waals surface area contributed by atoms with Gasteiger partial charge in [-0.25, -0.2) is 4.68 Å². The average molecular weight is 301 g/mol. The standard InChI is InChI=1S/C15H19N5O2/c1-20-14(21)8-7-12(19-20)15(22)16-9-13-10-5-3-2-4-6-11(10)17-18-13/h7-8H,2-6,9H2,1H3,(H,16,22)(H,17,18). The Balaban J connectivity index is 1.70. The number of rotatable bonds is 3. The van der Waals surface area contributed by atoms with Crippen LogP contribution in [-0.4, -0.2) is 25.9 Å². The molecule has 116 valence electrons. The van der Waals surface area contributed by atoms with Crippen LogP contribution in [0.1, 0.15) is 46.7 Å². The number of nitrogens with one attached hydrogen (secondary N) is 2. The van der Waals surface area contributed by atoms with Gasteiger partial charge >= 0.3 is 0 Å². The average Bonchev–Trinajstić information content (AvgIpc) is 2.74. The maximum Gasteiger partial charge on any atom is 0.272 e. The molecule has 0 aliphatic heterocycles. The van der Waals surface area contributed by atoms with Crippen LogP contribution in [0.25, 0.3) is 0 Å². The van der Waals surface area contributed by atoms with Gasteiger partial charge in [0, 0.05) is 18.8 Å². The Kier molecular flexibility index (Phi) is 4.04. The number of nitrogens with zero attached hydrogens (tertiary/aromatic N) is 3. The number of aryl methyl sites for hydroxylation is 2. The lowest BCUT2D eigenvalue weighted by Crippen LogP contribution is -2.28. The molecular weight excluding hydrogens is 282 g/mol. The predicted octanol–water partition coefficient (Wildman–Crippen LogP) is 0.702. The number of aromatic amines is 1. The van der Waals surface area contributed by atoms with Crippen molar-refractivity contribution in [2.75, 3.05) is 0 Å². The van der Waals surface area contributed by atoms with Gasteiger partial charge in [-0.3, -0.25) is 14.7 Å². The lowest BCUT2D eigenvalue weighted by molar-refractivity contribution is 0.0943. The van der Waals surface area contributed by atoms with E-state index in [1.54, 1.807) is 0 Å². The van der Waals surface area contributed by atoms with Gasteiger partial charge in [0.05, 0.1) is 12.2 Å². The highest BCUT2D eigenvalue weighted by Gasteiger charge is 2.16. The zero-order chi connectivity index (χ0) is 15.5. The molecule has 0 aromatic carbocycles. The largest absolute Gasteiger partial charge is 0.345 e. The third-order valence-corrected chi connectivity index (χ3v) is 4.00. The van der Waals surface area contributed by atoms with Crippen LogP contribution in [0.5, 0.6) is 0 Å². The molecule has 1 amide bonds. The van der Waals surface area contributed by atoms with Gasteiger partial charge in [-0.15, -0.1) is 0 Å². The van der Waals surface area contributed by atoms with E-state index in [1.165, 1.54) is 43.3 Å². The molecule has 1 aliphatic rings. The van der Waals surface area contributed by atoms with E-state index in [1.807, 2.05) is 0 Å². The van der Waals surface area contributed by atoms with E-state index in [0.29, 0.717) is 6.54 Å². The lowest BCUT2D eigenvalue weighted by atomic mass is 10.1. The number of carbonyl (C=O) groups is 1. The number of H-pyrrole nitrogens is 1. The smallest absolute Gasteiger partial charge is 0.272 e. The Labute approximate surface area is 127 Å². The first kappa shape index (κ1) is 14.5. The summed E-state index contributed by atoms with van der Waals surface area (Å²) >= 11 is 0. The van der Waals surface area contributed by atoms with E-state index in [9.17, 15) is 9.59 Å². The summed E-state index contributed by atoms with van der Waals surface area (Å²) in [6.45, 7) is 0.370. The van der Waals surface area contributed by atoms with Crippen LogP contribution in [0.4, 0.5) is 0 Å². The molecule has 2 aromatic rings. The Bertz CT molecular complexity index is 747. The second-order valence-electron chi connectivity index (χ2n) is 5.55. The van der Waals surface area contributed by atoms with Crippen molar-refractivity contribution in [3.8, 4) is 0 Å². The van der Waals surface area contributed by atoms with Crippen LogP contribution >= 0.6 is 0 Å². The Morgan fingerprint density at radius 1 is 1.32 bits per heavy atom. The Hall–Kier alpha value is -2.44. The number of aromatic nitrogens is 4. The summed E-state index contributed by atoms with van der Waals surface area (Å²) in [5, 5.41) is 14.2. The zero-order valence-corrected chi connectivity index (χ0v) is 12.6. The van der Waals surface area contributed by atoms with Gasteiger partial charge in [0.2, 0.25) is 0 Å². The van der Waals surface area contributed by atoms with Crippen molar-refractivity contribution < 1.29 is 4.79 Å². The minimum atomic E-state index is -0.305. The molecule has 22 heavy (non-hydrogen) atoms. The normalized spacial score (nSPS) is 14.2. The summed E-state index contributed by atoms with van der Waals surface area (Å²) in [5.41, 5.74) is 3.32. The fourth-order valence-electron chi connectivity index (χ4n) is 2.75. The molecule has 2 heterocycles. The molecule has 7 heteroatoms. The van der Waals surface area contributed by atoms with Crippen LogP contribution in [0.15, 0.2) is 16.9 Å². The molecule has 0 radical (unpaired) electrons. The van der Waals surface area contributed by atoms with E-state index in [4.69, 9.17) is 0 Å². The van der Waals surface area contributed by atoms with Crippen molar-refractivity contribution >= 4 is 5.91 Å². The van der Waals surface area contributed by atoms with Crippen molar-refractivity contribution in [1.82, 2.24) is 25.3 Å². The molecule has 0 saturated carbocycles. The number of amides is 1. The summed E-state index contributed by atoms with van der Waals surface area (Å²) < 4.78 is 1.15. The highest BCUT2D eigenvalue weighted by molar-refractivity contribution is 5.91. The first-order valence-electron chi connectivity index (χ1n) is 7.52. The Morgan fingerprint density at radius 3 is 2.95 bits per heavy atom. The maximum atomic E-state index is 12.1. The molecule has 0 atom stereocenters. The maximum absolute atomic E-state index is 12.1. The van der Waals surface area contributed by atoms with Gasteiger partial charge < -0.3 is 5.32 Å². The van der Waals surface area contributed by atoms with Crippen molar-refractivity contribution in [3.05, 3.63) is 45.1 Å². The zero-order valence-electron chi connectivity index (χ0n) is 12.6. The number of fused-ring (bicyclic) bond motifs is 1. The van der Waals surface area contributed by atoms with Gasteiger partial charge in [0.15, 0.2) is 0 Å². The van der Waals surface area contributed by atoms with Gasteiger partial charge in [0.1, 0.15) is 5.69 Å².